The molecular formula is C18H13FN8O2. The van der Waals surface area contributed by atoms with Gasteiger partial charge in [0.2, 0.25) is 11.6 Å². The third-order valence-corrected chi connectivity index (χ3v) is 3.86. The molecule has 2 aromatic carbocycles. The number of nitrogens with two attached hydrogens (primary N) is 1. The van der Waals surface area contributed by atoms with Gasteiger partial charge in [0, 0.05) is 5.56 Å². The van der Waals surface area contributed by atoms with E-state index in [4.69, 9.17) is 5.73 Å². The number of hydrogen-bond donors (Lipinski definition) is 2. The van der Waals surface area contributed by atoms with Gasteiger partial charge in [-0.05, 0) is 28.0 Å². The fourth-order valence-corrected chi connectivity index (χ4v) is 2.58. The van der Waals surface area contributed by atoms with Gasteiger partial charge in [0.15, 0.2) is 5.69 Å². The molecule has 11 heteroatoms. The second-order valence-corrected chi connectivity index (χ2v) is 5.79. The van der Waals surface area contributed by atoms with E-state index in [0.717, 1.165) is 0 Å². The maximum atomic E-state index is 13.2. The molecular weight excluding hydrogens is 379 g/mol. The average molecular weight is 392 g/mol. The van der Waals surface area contributed by atoms with Gasteiger partial charge in [-0.15, -0.1) is 5.10 Å². The predicted octanol–water partition coefficient (Wildman–Crippen LogP) is 1.80. The molecule has 0 bridgehead atoms. The first-order valence-corrected chi connectivity index (χ1v) is 8.32. The van der Waals surface area contributed by atoms with Crippen molar-refractivity contribution < 1.29 is 13.8 Å². The number of nitrogens with zero attached hydrogens (tertiary/aromatic N) is 6. The molecule has 4 aromatic rings. The molecule has 3 N–H and O–H groups in total. The smallest absolute Gasteiger partial charge is 0.294 e. The van der Waals surface area contributed by atoms with Crippen LogP contribution in [0.15, 0.2) is 64.3 Å². The molecule has 144 valence electrons. The molecule has 0 saturated heterocycles. The van der Waals surface area contributed by atoms with E-state index in [0.29, 0.717) is 16.8 Å². The first-order valence-electron chi connectivity index (χ1n) is 8.32. The number of halogens is 1. The zero-order chi connectivity index (χ0) is 20.2. The number of benzene rings is 2. The van der Waals surface area contributed by atoms with Crippen molar-refractivity contribution in [3.63, 3.8) is 0 Å². The Bertz CT molecular complexity index is 1190. The van der Waals surface area contributed by atoms with Crippen molar-refractivity contribution in [2.45, 2.75) is 0 Å². The van der Waals surface area contributed by atoms with Crippen molar-refractivity contribution in [2.24, 2.45) is 5.10 Å². The Balaban J connectivity index is 1.67. The number of aromatic nitrogens is 5. The van der Waals surface area contributed by atoms with E-state index < -0.39 is 11.7 Å². The lowest BCUT2D eigenvalue weighted by Crippen LogP contribution is -2.19. The quantitative estimate of drug-likeness (QED) is 0.390. The van der Waals surface area contributed by atoms with Crippen molar-refractivity contribution in [2.75, 3.05) is 5.73 Å². The molecule has 2 aromatic heterocycles. The van der Waals surface area contributed by atoms with E-state index in [1.165, 1.54) is 29.1 Å². The second-order valence-electron chi connectivity index (χ2n) is 5.79. The number of carbonyl (C=O) groups is 1. The minimum Gasteiger partial charge on any atom is -0.378 e. The maximum Gasteiger partial charge on any atom is 0.294 e. The van der Waals surface area contributed by atoms with Crippen LogP contribution < -0.4 is 11.2 Å². The fourth-order valence-electron chi connectivity index (χ4n) is 2.58. The van der Waals surface area contributed by atoms with Crippen molar-refractivity contribution in [3.8, 4) is 17.1 Å². The van der Waals surface area contributed by atoms with Crippen LogP contribution in [0.1, 0.15) is 16.1 Å². The highest BCUT2D eigenvalue weighted by atomic mass is 19.1. The summed E-state index contributed by atoms with van der Waals surface area (Å²) in [4.78, 5) is 12.7. The number of nitrogens with one attached hydrogen (secondary N) is 1. The minimum atomic E-state index is -0.627. The molecule has 1 amide bonds. The van der Waals surface area contributed by atoms with Crippen LogP contribution in [0.4, 0.5) is 10.2 Å². The van der Waals surface area contributed by atoms with Gasteiger partial charge < -0.3 is 5.73 Å². The molecule has 0 aliphatic rings. The van der Waals surface area contributed by atoms with Gasteiger partial charge in [0.1, 0.15) is 11.5 Å². The Morgan fingerprint density at radius 3 is 2.72 bits per heavy atom. The molecule has 10 nitrogen and oxygen atoms in total. The van der Waals surface area contributed by atoms with Crippen LogP contribution in [0, 0.1) is 5.82 Å². The zero-order valence-corrected chi connectivity index (χ0v) is 14.7. The number of amides is 1. The summed E-state index contributed by atoms with van der Waals surface area (Å²) in [5, 5.41) is 19.0. The molecule has 0 spiro atoms. The number of carbonyl (C=O) groups excluding carboxylic acids is 1. The number of rotatable bonds is 5. The van der Waals surface area contributed by atoms with Crippen LogP contribution >= 0.6 is 0 Å². The normalized spacial score (nSPS) is 11.1. The van der Waals surface area contributed by atoms with E-state index in [9.17, 15) is 9.18 Å². The number of nitrogen functional groups attached to an aromatic ring is 1. The van der Waals surface area contributed by atoms with Gasteiger partial charge in [-0.25, -0.2) is 14.4 Å². The first-order chi connectivity index (χ1) is 14.1. The van der Waals surface area contributed by atoms with E-state index in [2.05, 4.69) is 35.8 Å². The average Bonchev–Trinajstić information content (AvgIpc) is 3.34. The Morgan fingerprint density at radius 1 is 1.17 bits per heavy atom. The second kappa shape index (κ2) is 7.68. The zero-order valence-electron chi connectivity index (χ0n) is 14.7. The molecule has 0 unspecified atom stereocenters. The highest BCUT2D eigenvalue weighted by molar-refractivity contribution is 5.98. The summed E-state index contributed by atoms with van der Waals surface area (Å²) in [7, 11) is 0. The van der Waals surface area contributed by atoms with Crippen LogP contribution in [0.25, 0.3) is 17.1 Å². The molecule has 0 saturated carbocycles. The Morgan fingerprint density at radius 2 is 2.00 bits per heavy atom. The standard InChI is InChI=1S/C18H13FN8O2/c19-13-8-4-5-11(9-13)10-21-23-18(28)14-15(12-6-2-1-3-7-12)27(26-22-14)17-16(20)24-29-25-17/h1-10H,(H2,20,24)(H,23,28). The Hall–Kier alpha value is -4.41. The highest BCUT2D eigenvalue weighted by Gasteiger charge is 2.24. The first kappa shape index (κ1) is 18.0. The van der Waals surface area contributed by atoms with Crippen LogP contribution in [0.2, 0.25) is 0 Å². The number of hydrazone groups is 1. The summed E-state index contributed by atoms with van der Waals surface area (Å²) in [6.45, 7) is 0. The number of hydrogen-bond acceptors (Lipinski definition) is 8. The van der Waals surface area contributed by atoms with Crippen LogP contribution in [-0.4, -0.2) is 37.4 Å². The lowest BCUT2D eigenvalue weighted by molar-refractivity contribution is 0.0950. The van der Waals surface area contributed by atoms with Gasteiger partial charge in [-0.2, -0.15) is 9.78 Å². The summed E-state index contributed by atoms with van der Waals surface area (Å²) in [6, 6.07) is 14.7. The van der Waals surface area contributed by atoms with E-state index in [1.807, 2.05) is 6.07 Å². The van der Waals surface area contributed by atoms with Crippen LogP contribution in [-0.2, 0) is 0 Å². The summed E-state index contributed by atoms with van der Waals surface area (Å²) in [6.07, 6.45) is 1.31. The van der Waals surface area contributed by atoms with Gasteiger partial charge >= 0.3 is 0 Å². The lowest BCUT2D eigenvalue weighted by atomic mass is 10.1. The Labute approximate surface area is 162 Å². The lowest BCUT2D eigenvalue weighted by Gasteiger charge is -2.05. The predicted molar refractivity (Wildman–Crippen MR) is 101 cm³/mol. The Kier molecular flexibility index (Phi) is 4.76. The molecule has 0 aliphatic heterocycles. The molecule has 2 heterocycles. The van der Waals surface area contributed by atoms with Gasteiger partial charge in [0.25, 0.3) is 5.91 Å². The van der Waals surface area contributed by atoms with Crippen molar-refractivity contribution in [1.29, 1.82) is 0 Å². The maximum absolute atomic E-state index is 13.2. The van der Waals surface area contributed by atoms with E-state index in [1.54, 1.807) is 30.3 Å². The summed E-state index contributed by atoms with van der Waals surface area (Å²) in [5.74, 6) is -0.951. The molecule has 0 radical (unpaired) electrons. The van der Waals surface area contributed by atoms with E-state index >= 15 is 0 Å². The minimum absolute atomic E-state index is 0.0110. The molecule has 0 atom stereocenters. The third-order valence-electron chi connectivity index (χ3n) is 3.86. The third kappa shape index (κ3) is 3.69. The molecule has 4 rings (SSSR count). The molecule has 0 aliphatic carbocycles. The monoisotopic (exact) mass is 392 g/mol. The van der Waals surface area contributed by atoms with Crippen molar-refractivity contribution >= 4 is 17.9 Å². The van der Waals surface area contributed by atoms with Gasteiger partial charge in [-0.3, -0.25) is 4.79 Å². The van der Waals surface area contributed by atoms with E-state index in [-0.39, 0.29) is 17.3 Å². The van der Waals surface area contributed by atoms with Gasteiger partial charge in [0.05, 0.1) is 6.21 Å². The topological polar surface area (TPSA) is 137 Å². The summed E-state index contributed by atoms with van der Waals surface area (Å²) >= 11 is 0. The fraction of sp³-hybridized carbons (Fsp3) is 0. The SMILES string of the molecule is Nc1nonc1-n1nnc(C(=O)NN=Cc2cccc(F)c2)c1-c1ccccc1. The van der Waals surface area contributed by atoms with Crippen LogP contribution in [0.5, 0.6) is 0 Å². The van der Waals surface area contributed by atoms with Gasteiger partial charge in [-0.1, -0.05) is 47.7 Å². The number of anilines is 1. The van der Waals surface area contributed by atoms with Crippen molar-refractivity contribution in [1.82, 2.24) is 30.7 Å². The molecule has 29 heavy (non-hydrogen) atoms. The summed E-state index contributed by atoms with van der Waals surface area (Å²) in [5.41, 5.74) is 9.53. The molecule has 0 fully saturated rings. The highest BCUT2D eigenvalue weighted by Crippen LogP contribution is 2.26. The summed E-state index contributed by atoms with van der Waals surface area (Å²) < 4.78 is 19.1. The van der Waals surface area contributed by atoms with Crippen molar-refractivity contribution in [3.05, 3.63) is 71.7 Å². The van der Waals surface area contributed by atoms with Crippen LogP contribution in [0.3, 0.4) is 0 Å². The largest absolute Gasteiger partial charge is 0.378 e.